The summed E-state index contributed by atoms with van der Waals surface area (Å²) >= 11 is 12.1. The van der Waals surface area contributed by atoms with Gasteiger partial charge in [0.25, 0.3) is 0 Å². The molecule has 0 bridgehead atoms. The summed E-state index contributed by atoms with van der Waals surface area (Å²) in [5.74, 6) is 0.255. The molecule has 1 aromatic heterocycles. The van der Waals surface area contributed by atoms with Crippen molar-refractivity contribution in [2.75, 3.05) is 0 Å². The molecule has 2 aromatic rings. The van der Waals surface area contributed by atoms with Gasteiger partial charge in [0.05, 0.1) is 12.2 Å². The number of aromatic nitrogens is 2. The second-order valence-corrected chi connectivity index (χ2v) is 6.12. The zero-order valence-electron chi connectivity index (χ0n) is 11.5. The maximum absolute atomic E-state index is 12.2. The van der Waals surface area contributed by atoms with Crippen LogP contribution in [0.4, 0.5) is 0 Å². The number of amides is 1. The monoisotopic (exact) mass is 323 g/mol. The highest BCUT2D eigenvalue weighted by Crippen LogP contribution is 2.50. The van der Waals surface area contributed by atoms with Crippen molar-refractivity contribution in [3.63, 3.8) is 0 Å². The highest BCUT2D eigenvalue weighted by atomic mass is 35.5. The zero-order chi connectivity index (χ0) is 15.0. The molecule has 21 heavy (non-hydrogen) atoms. The largest absolute Gasteiger partial charge is 0.350 e. The fraction of sp³-hybridized carbons (Fsp3) is 0.333. The van der Waals surface area contributed by atoms with E-state index in [1.165, 1.54) is 0 Å². The Balaban J connectivity index is 1.59. The minimum Gasteiger partial charge on any atom is -0.350 e. The fourth-order valence-corrected chi connectivity index (χ4v) is 3.06. The molecule has 1 aliphatic rings. The highest BCUT2D eigenvalue weighted by Gasteiger charge is 2.44. The molecule has 0 aliphatic heterocycles. The SMILES string of the molecule is Cn1nccc1CNC(=O)[C@H]1C[C@H]1c1ccc(Cl)cc1Cl. The lowest BCUT2D eigenvalue weighted by Gasteiger charge is -2.06. The number of benzene rings is 1. The fourth-order valence-electron chi connectivity index (χ4n) is 2.51. The van der Waals surface area contributed by atoms with Crippen LogP contribution in [0.15, 0.2) is 30.5 Å². The lowest BCUT2D eigenvalue weighted by Crippen LogP contribution is -2.26. The third kappa shape index (κ3) is 3.06. The van der Waals surface area contributed by atoms with Crippen LogP contribution in [-0.4, -0.2) is 15.7 Å². The number of rotatable bonds is 4. The molecule has 110 valence electrons. The van der Waals surface area contributed by atoms with Crippen molar-refractivity contribution in [1.82, 2.24) is 15.1 Å². The number of nitrogens with one attached hydrogen (secondary N) is 1. The van der Waals surface area contributed by atoms with E-state index in [0.29, 0.717) is 16.6 Å². The molecule has 0 saturated heterocycles. The first-order valence-electron chi connectivity index (χ1n) is 6.76. The molecule has 1 heterocycles. The van der Waals surface area contributed by atoms with Crippen molar-refractivity contribution in [2.45, 2.75) is 18.9 Å². The number of nitrogens with zero attached hydrogens (tertiary/aromatic N) is 2. The molecule has 3 rings (SSSR count). The van der Waals surface area contributed by atoms with Gasteiger partial charge in [0.15, 0.2) is 0 Å². The van der Waals surface area contributed by atoms with Gasteiger partial charge in [-0.05, 0) is 36.1 Å². The molecule has 6 heteroatoms. The van der Waals surface area contributed by atoms with E-state index < -0.39 is 0 Å². The average molecular weight is 324 g/mol. The van der Waals surface area contributed by atoms with E-state index in [4.69, 9.17) is 23.2 Å². The molecular weight excluding hydrogens is 309 g/mol. The maximum atomic E-state index is 12.2. The van der Waals surface area contributed by atoms with E-state index in [1.807, 2.05) is 25.2 Å². The molecular formula is C15H15Cl2N3O. The van der Waals surface area contributed by atoms with Crippen LogP contribution in [0, 0.1) is 5.92 Å². The van der Waals surface area contributed by atoms with Gasteiger partial charge in [-0.3, -0.25) is 9.48 Å². The van der Waals surface area contributed by atoms with Gasteiger partial charge in [-0.1, -0.05) is 29.3 Å². The van der Waals surface area contributed by atoms with Crippen molar-refractivity contribution in [1.29, 1.82) is 0 Å². The summed E-state index contributed by atoms with van der Waals surface area (Å²) in [6.45, 7) is 0.493. The standard InChI is InChI=1S/C15H15Cl2N3O/c1-20-10(4-5-19-20)8-18-15(21)13-7-12(13)11-3-2-9(16)6-14(11)17/h2-6,12-13H,7-8H2,1H3,(H,18,21)/t12-,13-/m0/s1. The summed E-state index contributed by atoms with van der Waals surface area (Å²) in [6, 6.07) is 7.33. The minimum atomic E-state index is -0.00287. The van der Waals surface area contributed by atoms with Gasteiger partial charge >= 0.3 is 0 Å². The first kappa shape index (κ1) is 14.4. The number of carbonyl (C=O) groups excluding carboxylic acids is 1. The van der Waals surface area contributed by atoms with Crippen LogP contribution in [0.25, 0.3) is 0 Å². The van der Waals surface area contributed by atoms with Crippen molar-refractivity contribution in [2.24, 2.45) is 13.0 Å². The van der Waals surface area contributed by atoms with E-state index in [9.17, 15) is 4.79 Å². The summed E-state index contributed by atoms with van der Waals surface area (Å²) in [5, 5.41) is 8.27. The normalized spacial score (nSPS) is 20.3. The van der Waals surface area contributed by atoms with E-state index in [1.54, 1.807) is 16.9 Å². The zero-order valence-corrected chi connectivity index (χ0v) is 13.0. The number of carbonyl (C=O) groups is 1. The minimum absolute atomic E-state index is 0.00287. The second kappa shape index (κ2) is 5.70. The van der Waals surface area contributed by atoms with Crippen LogP contribution in [0.3, 0.4) is 0 Å². The summed E-state index contributed by atoms with van der Waals surface area (Å²) in [4.78, 5) is 12.2. The quantitative estimate of drug-likeness (QED) is 0.939. The van der Waals surface area contributed by atoms with Gasteiger partial charge < -0.3 is 5.32 Å². The molecule has 0 radical (unpaired) electrons. The van der Waals surface area contributed by atoms with Crippen LogP contribution in [0.1, 0.15) is 23.6 Å². The van der Waals surface area contributed by atoms with E-state index in [-0.39, 0.29) is 17.7 Å². The summed E-state index contributed by atoms with van der Waals surface area (Å²) in [5.41, 5.74) is 1.98. The Labute approximate surface area is 133 Å². The molecule has 1 N–H and O–H groups in total. The van der Waals surface area contributed by atoms with Gasteiger partial charge in [-0.2, -0.15) is 5.10 Å². The van der Waals surface area contributed by atoms with Crippen LogP contribution in [0.5, 0.6) is 0 Å². The maximum Gasteiger partial charge on any atom is 0.224 e. The smallest absolute Gasteiger partial charge is 0.224 e. The van der Waals surface area contributed by atoms with Crippen molar-refractivity contribution in [3.8, 4) is 0 Å². The topological polar surface area (TPSA) is 46.9 Å². The molecule has 2 atom stereocenters. The number of halogens is 2. The Morgan fingerprint density at radius 2 is 2.24 bits per heavy atom. The Hall–Kier alpha value is -1.52. The molecule has 0 spiro atoms. The first-order valence-corrected chi connectivity index (χ1v) is 7.51. The Morgan fingerprint density at radius 1 is 1.43 bits per heavy atom. The molecule has 1 saturated carbocycles. The molecule has 0 unspecified atom stereocenters. The van der Waals surface area contributed by atoms with Crippen LogP contribution >= 0.6 is 23.2 Å². The van der Waals surface area contributed by atoms with Gasteiger partial charge in [-0.25, -0.2) is 0 Å². The Morgan fingerprint density at radius 3 is 2.90 bits per heavy atom. The molecule has 4 nitrogen and oxygen atoms in total. The molecule has 1 aromatic carbocycles. The number of aryl methyl sites for hydroxylation is 1. The Bertz CT molecular complexity index is 683. The molecule has 1 amide bonds. The predicted molar refractivity (Wildman–Crippen MR) is 82.4 cm³/mol. The van der Waals surface area contributed by atoms with E-state index in [2.05, 4.69) is 10.4 Å². The third-order valence-electron chi connectivity index (χ3n) is 3.86. The Kier molecular flexibility index (Phi) is 3.91. The summed E-state index contributed by atoms with van der Waals surface area (Å²) in [7, 11) is 1.86. The van der Waals surface area contributed by atoms with Gasteiger partial charge in [0, 0.05) is 29.2 Å². The van der Waals surface area contributed by atoms with Gasteiger partial charge in [0.2, 0.25) is 5.91 Å². The average Bonchev–Trinajstić information content (AvgIpc) is 3.12. The van der Waals surface area contributed by atoms with E-state index in [0.717, 1.165) is 17.7 Å². The van der Waals surface area contributed by atoms with Gasteiger partial charge in [-0.15, -0.1) is 0 Å². The second-order valence-electron chi connectivity index (χ2n) is 5.28. The predicted octanol–water partition coefficient (Wildman–Crippen LogP) is 3.15. The van der Waals surface area contributed by atoms with Crippen LogP contribution < -0.4 is 5.32 Å². The van der Waals surface area contributed by atoms with Crippen molar-refractivity contribution < 1.29 is 4.79 Å². The summed E-state index contributed by atoms with van der Waals surface area (Å²) in [6.07, 6.45) is 2.55. The van der Waals surface area contributed by atoms with Gasteiger partial charge in [0.1, 0.15) is 0 Å². The lowest BCUT2D eigenvalue weighted by molar-refractivity contribution is -0.122. The first-order chi connectivity index (χ1) is 10.1. The van der Waals surface area contributed by atoms with Crippen molar-refractivity contribution >= 4 is 29.1 Å². The lowest BCUT2D eigenvalue weighted by atomic mass is 10.1. The number of hydrogen-bond donors (Lipinski definition) is 1. The number of hydrogen-bond acceptors (Lipinski definition) is 2. The third-order valence-corrected chi connectivity index (χ3v) is 4.42. The molecule has 1 aliphatic carbocycles. The van der Waals surface area contributed by atoms with Crippen molar-refractivity contribution in [3.05, 3.63) is 51.8 Å². The van der Waals surface area contributed by atoms with Crippen LogP contribution in [0.2, 0.25) is 10.0 Å². The van der Waals surface area contributed by atoms with Crippen LogP contribution in [-0.2, 0) is 18.4 Å². The highest BCUT2D eigenvalue weighted by molar-refractivity contribution is 6.35. The van der Waals surface area contributed by atoms with E-state index >= 15 is 0 Å². The summed E-state index contributed by atoms with van der Waals surface area (Å²) < 4.78 is 1.75. The molecule has 1 fully saturated rings.